The van der Waals surface area contributed by atoms with Crippen molar-refractivity contribution in [2.45, 2.75) is 25.9 Å². The molecule has 0 aliphatic heterocycles. The quantitative estimate of drug-likeness (QED) is 0.531. The van der Waals surface area contributed by atoms with Gasteiger partial charge in [0.2, 0.25) is 0 Å². The first-order valence-electron chi connectivity index (χ1n) is 8.08. The number of aliphatic imine (C=N–C) groups is 1. The molecule has 0 radical (unpaired) electrons. The Labute approximate surface area is 146 Å². The molecule has 3 N–H and O–H groups in total. The Balaban J connectivity index is 1.93. The van der Waals surface area contributed by atoms with E-state index in [0.717, 1.165) is 0 Å². The molecule has 6 heteroatoms. The number of nitrogens with one attached hydrogen (secondary N) is 2. The van der Waals surface area contributed by atoms with E-state index in [1.807, 2.05) is 6.92 Å². The predicted octanol–water partition coefficient (Wildman–Crippen LogP) is 3.28. The summed E-state index contributed by atoms with van der Waals surface area (Å²) in [4.78, 5) is 4.55. The molecule has 2 aromatic rings. The first-order valence-corrected chi connectivity index (χ1v) is 9.02. The van der Waals surface area contributed by atoms with Gasteiger partial charge in [0.25, 0.3) is 0 Å². The van der Waals surface area contributed by atoms with Crippen LogP contribution < -0.4 is 10.6 Å². The van der Waals surface area contributed by atoms with E-state index in [1.54, 1.807) is 29.5 Å². The van der Waals surface area contributed by atoms with Gasteiger partial charge in [0.05, 0.1) is 6.10 Å². The maximum atomic E-state index is 13.7. The minimum atomic E-state index is -0.927. The Morgan fingerprint density at radius 1 is 1.29 bits per heavy atom. The van der Waals surface area contributed by atoms with Crippen LogP contribution in [0.3, 0.4) is 0 Å². The summed E-state index contributed by atoms with van der Waals surface area (Å²) in [7, 11) is 0. The predicted molar refractivity (Wildman–Crippen MR) is 98.1 cm³/mol. The van der Waals surface area contributed by atoms with E-state index in [9.17, 15) is 9.50 Å². The van der Waals surface area contributed by atoms with Crippen LogP contribution in [0.5, 0.6) is 0 Å². The highest BCUT2D eigenvalue weighted by Crippen LogP contribution is 2.18. The molecule has 0 amide bonds. The molecule has 24 heavy (non-hydrogen) atoms. The summed E-state index contributed by atoms with van der Waals surface area (Å²) in [6.07, 6.45) is -0.927. The van der Waals surface area contributed by atoms with Gasteiger partial charge in [-0.05, 0) is 35.4 Å². The Hall–Kier alpha value is -1.92. The van der Waals surface area contributed by atoms with Gasteiger partial charge in [-0.15, -0.1) is 0 Å². The van der Waals surface area contributed by atoms with Crippen LogP contribution in [0.1, 0.15) is 37.0 Å². The third kappa shape index (κ3) is 5.32. The Bertz CT molecular complexity index is 645. The van der Waals surface area contributed by atoms with Gasteiger partial charge in [-0.3, -0.25) is 4.99 Å². The highest BCUT2D eigenvalue weighted by atomic mass is 32.1. The molecule has 1 heterocycles. The largest absolute Gasteiger partial charge is 0.386 e. The van der Waals surface area contributed by atoms with E-state index < -0.39 is 11.9 Å². The van der Waals surface area contributed by atoms with Crippen molar-refractivity contribution in [1.82, 2.24) is 10.6 Å². The van der Waals surface area contributed by atoms with Gasteiger partial charge in [0, 0.05) is 31.1 Å². The lowest BCUT2D eigenvalue weighted by molar-refractivity contribution is 0.176. The van der Waals surface area contributed by atoms with Crippen LogP contribution in [0, 0.1) is 5.82 Å². The first kappa shape index (κ1) is 18.4. The van der Waals surface area contributed by atoms with Crippen LogP contribution in [-0.2, 0) is 0 Å². The summed E-state index contributed by atoms with van der Waals surface area (Å²) in [6, 6.07) is 8.36. The number of rotatable bonds is 7. The zero-order valence-electron chi connectivity index (χ0n) is 14.0. The number of aliphatic hydroxyl groups is 1. The number of guanidine groups is 1. The minimum absolute atomic E-state index is 0.194. The van der Waals surface area contributed by atoms with Crippen LogP contribution in [0.25, 0.3) is 0 Å². The average Bonchev–Trinajstić information content (AvgIpc) is 3.12. The number of hydrogen-bond donors (Lipinski definition) is 3. The van der Waals surface area contributed by atoms with Crippen LogP contribution in [0.2, 0.25) is 0 Å². The number of nitrogens with zero attached hydrogens (tertiary/aromatic N) is 1. The molecule has 2 unspecified atom stereocenters. The zero-order chi connectivity index (χ0) is 17.4. The third-order valence-corrected chi connectivity index (χ3v) is 4.41. The fourth-order valence-corrected chi connectivity index (χ4v) is 3.06. The number of halogens is 1. The molecule has 2 atom stereocenters. The second kappa shape index (κ2) is 9.39. The molecular formula is C18H24FN3OS. The fourth-order valence-electron chi connectivity index (χ4n) is 2.28. The highest BCUT2D eigenvalue weighted by molar-refractivity contribution is 7.07. The highest BCUT2D eigenvalue weighted by Gasteiger charge is 2.13. The van der Waals surface area contributed by atoms with Crippen molar-refractivity contribution in [2.75, 3.05) is 19.6 Å². The van der Waals surface area contributed by atoms with Crippen molar-refractivity contribution < 1.29 is 9.50 Å². The topological polar surface area (TPSA) is 56.7 Å². The third-order valence-electron chi connectivity index (χ3n) is 3.71. The Morgan fingerprint density at radius 2 is 2.08 bits per heavy atom. The van der Waals surface area contributed by atoms with Gasteiger partial charge in [0.1, 0.15) is 5.82 Å². The molecule has 1 aromatic heterocycles. The van der Waals surface area contributed by atoms with E-state index in [0.29, 0.717) is 25.0 Å². The van der Waals surface area contributed by atoms with Gasteiger partial charge >= 0.3 is 0 Å². The van der Waals surface area contributed by atoms with Crippen molar-refractivity contribution in [1.29, 1.82) is 0 Å². The lowest BCUT2D eigenvalue weighted by Gasteiger charge is -2.16. The summed E-state index contributed by atoms with van der Waals surface area (Å²) in [5.74, 6) is 0.540. The Kier molecular flexibility index (Phi) is 7.21. The van der Waals surface area contributed by atoms with Gasteiger partial charge in [-0.1, -0.05) is 25.1 Å². The summed E-state index contributed by atoms with van der Waals surface area (Å²) >= 11 is 1.68. The number of aliphatic hydroxyl groups excluding tert-OH is 1. The smallest absolute Gasteiger partial charge is 0.191 e. The van der Waals surface area contributed by atoms with E-state index in [-0.39, 0.29) is 12.1 Å². The summed E-state index contributed by atoms with van der Waals surface area (Å²) in [5, 5.41) is 20.6. The Morgan fingerprint density at radius 3 is 2.75 bits per heavy atom. The van der Waals surface area contributed by atoms with E-state index in [4.69, 9.17) is 0 Å². The molecule has 0 bridgehead atoms. The van der Waals surface area contributed by atoms with E-state index in [1.165, 1.54) is 11.6 Å². The molecule has 0 fully saturated rings. The normalized spacial score (nSPS) is 14.2. The molecule has 2 rings (SSSR count). The van der Waals surface area contributed by atoms with Crippen molar-refractivity contribution >= 4 is 17.3 Å². The second-order valence-electron chi connectivity index (χ2n) is 5.60. The van der Waals surface area contributed by atoms with Crippen molar-refractivity contribution in [3.8, 4) is 0 Å². The van der Waals surface area contributed by atoms with E-state index in [2.05, 4.69) is 39.4 Å². The molecule has 1 aromatic carbocycles. The van der Waals surface area contributed by atoms with Crippen LogP contribution in [0.15, 0.2) is 46.1 Å². The van der Waals surface area contributed by atoms with Crippen molar-refractivity contribution in [3.05, 3.63) is 58.0 Å². The van der Waals surface area contributed by atoms with Crippen molar-refractivity contribution in [2.24, 2.45) is 4.99 Å². The molecular weight excluding hydrogens is 325 g/mol. The molecule has 130 valence electrons. The average molecular weight is 349 g/mol. The lowest BCUT2D eigenvalue weighted by Crippen LogP contribution is -2.39. The minimum Gasteiger partial charge on any atom is -0.386 e. The standard InChI is InChI=1S/C18H24FN3OS/c1-3-20-18(21-10-13(2)14-8-9-24-12-14)22-11-17(23)15-6-4-5-7-16(15)19/h4-9,12-13,17,23H,3,10-11H2,1-2H3,(H2,20,21,22). The van der Waals surface area contributed by atoms with E-state index >= 15 is 0 Å². The fraction of sp³-hybridized carbons (Fsp3) is 0.389. The molecule has 0 saturated carbocycles. The molecule has 4 nitrogen and oxygen atoms in total. The van der Waals surface area contributed by atoms with Crippen LogP contribution >= 0.6 is 11.3 Å². The first-order chi connectivity index (χ1) is 11.6. The zero-order valence-corrected chi connectivity index (χ0v) is 14.8. The summed E-state index contributed by atoms with van der Waals surface area (Å²) in [5.41, 5.74) is 1.55. The molecule has 0 aliphatic carbocycles. The number of thiophene rings is 1. The summed E-state index contributed by atoms with van der Waals surface area (Å²) in [6.45, 7) is 5.66. The SMILES string of the molecule is CCNC(=NCC(C)c1ccsc1)NCC(O)c1ccccc1F. The molecule has 0 saturated heterocycles. The molecule has 0 spiro atoms. The monoisotopic (exact) mass is 349 g/mol. The maximum absolute atomic E-state index is 13.7. The van der Waals surface area contributed by atoms with Gasteiger partial charge in [-0.2, -0.15) is 11.3 Å². The van der Waals surface area contributed by atoms with Gasteiger partial charge in [-0.25, -0.2) is 4.39 Å². The summed E-state index contributed by atoms with van der Waals surface area (Å²) < 4.78 is 13.7. The van der Waals surface area contributed by atoms with Gasteiger partial charge < -0.3 is 15.7 Å². The molecule has 0 aliphatic rings. The second-order valence-corrected chi connectivity index (χ2v) is 6.38. The van der Waals surface area contributed by atoms with Crippen LogP contribution in [0.4, 0.5) is 4.39 Å². The lowest BCUT2D eigenvalue weighted by atomic mass is 10.1. The van der Waals surface area contributed by atoms with Gasteiger partial charge in [0.15, 0.2) is 5.96 Å². The van der Waals surface area contributed by atoms with Crippen LogP contribution in [-0.4, -0.2) is 30.7 Å². The number of hydrogen-bond acceptors (Lipinski definition) is 3. The number of benzene rings is 1. The van der Waals surface area contributed by atoms with Crippen molar-refractivity contribution in [3.63, 3.8) is 0 Å². The maximum Gasteiger partial charge on any atom is 0.191 e.